The van der Waals surface area contributed by atoms with Gasteiger partial charge in [-0.05, 0) is 19.1 Å². The van der Waals surface area contributed by atoms with Crippen molar-refractivity contribution < 1.29 is 14.3 Å². The van der Waals surface area contributed by atoms with E-state index in [1.165, 1.54) is 13.4 Å². The van der Waals surface area contributed by atoms with Crippen molar-refractivity contribution >= 4 is 17.6 Å². The second-order valence-electron chi connectivity index (χ2n) is 3.31. The van der Waals surface area contributed by atoms with Gasteiger partial charge in [0.15, 0.2) is 0 Å². The van der Waals surface area contributed by atoms with Crippen LogP contribution in [0.25, 0.3) is 0 Å². The molecule has 0 aliphatic rings. The van der Waals surface area contributed by atoms with Crippen LogP contribution in [0.3, 0.4) is 0 Å². The van der Waals surface area contributed by atoms with E-state index in [4.69, 9.17) is 0 Å². The first-order valence-electron chi connectivity index (χ1n) is 5.00. The van der Waals surface area contributed by atoms with Crippen LogP contribution >= 0.6 is 0 Å². The van der Waals surface area contributed by atoms with Crippen molar-refractivity contribution in [2.45, 2.75) is 6.92 Å². The number of urea groups is 1. The molecule has 3 amide bonds. The first-order chi connectivity index (χ1) is 8.13. The Morgan fingerprint density at radius 2 is 1.88 bits per heavy atom. The normalized spacial score (nSPS) is 10.6. The molecule has 0 aromatic heterocycles. The maximum Gasteiger partial charge on any atom is 0.326 e. The minimum atomic E-state index is -0.579. The number of methoxy groups -OCH3 is 1. The number of rotatable bonds is 3. The lowest BCUT2D eigenvalue weighted by Gasteiger charge is -2.06. The molecule has 5 heteroatoms. The molecular weight excluding hydrogens is 220 g/mol. The predicted octanol–water partition coefficient (Wildman–Crippen LogP) is 1.88. The van der Waals surface area contributed by atoms with Crippen LogP contribution in [0.1, 0.15) is 6.92 Å². The molecule has 0 aliphatic heterocycles. The van der Waals surface area contributed by atoms with E-state index in [1.807, 2.05) is 6.07 Å². The summed E-state index contributed by atoms with van der Waals surface area (Å²) in [6.07, 6.45) is 1.27. The van der Waals surface area contributed by atoms with E-state index in [0.717, 1.165) is 0 Å². The number of amides is 3. The van der Waals surface area contributed by atoms with Gasteiger partial charge < -0.3 is 10.1 Å². The summed E-state index contributed by atoms with van der Waals surface area (Å²) in [5.41, 5.74) is 0.932. The van der Waals surface area contributed by atoms with Crippen molar-refractivity contribution in [2.75, 3.05) is 12.4 Å². The van der Waals surface area contributed by atoms with Gasteiger partial charge in [-0.2, -0.15) is 0 Å². The second kappa shape index (κ2) is 6.32. The number of anilines is 1. The third-order valence-electron chi connectivity index (χ3n) is 1.91. The van der Waals surface area contributed by atoms with Gasteiger partial charge in [-0.1, -0.05) is 18.2 Å². The van der Waals surface area contributed by atoms with Gasteiger partial charge in [0.05, 0.1) is 13.4 Å². The fourth-order valence-electron chi connectivity index (χ4n) is 1.12. The molecule has 0 saturated carbocycles. The smallest absolute Gasteiger partial charge is 0.326 e. The Hall–Kier alpha value is -2.30. The molecule has 0 saturated heterocycles. The third-order valence-corrected chi connectivity index (χ3v) is 1.91. The molecule has 0 heterocycles. The number of ether oxygens (including phenoxy) is 1. The molecule has 90 valence electrons. The van der Waals surface area contributed by atoms with Gasteiger partial charge in [-0.3, -0.25) is 10.1 Å². The van der Waals surface area contributed by atoms with Gasteiger partial charge in [-0.25, -0.2) is 4.79 Å². The van der Waals surface area contributed by atoms with Crippen molar-refractivity contribution in [2.24, 2.45) is 0 Å². The Morgan fingerprint density at radius 1 is 1.24 bits per heavy atom. The molecule has 0 atom stereocenters. The molecule has 0 radical (unpaired) electrons. The van der Waals surface area contributed by atoms with Crippen LogP contribution in [0.4, 0.5) is 10.5 Å². The van der Waals surface area contributed by atoms with Crippen molar-refractivity contribution in [1.29, 1.82) is 0 Å². The maximum atomic E-state index is 11.4. The molecular formula is C12H14N2O3. The standard InChI is InChI=1S/C12H14N2O3/c1-9(8-17-2)11(15)14-12(16)13-10-6-4-3-5-7-10/h3-8H,1-2H3,(H2,13,14,15,16)/b9-8-. The summed E-state index contributed by atoms with van der Waals surface area (Å²) in [5, 5.41) is 4.71. The van der Waals surface area contributed by atoms with E-state index in [0.29, 0.717) is 11.3 Å². The van der Waals surface area contributed by atoms with E-state index < -0.39 is 11.9 Å². The molecule has 17 heavy (non-hydrogen) atoms. The van der Waals surface area contributed by atoms with Gasteiger partial charge in [0, 0.05) is 11.3 Å². The van der Waals surface area contributed by atoms with Gasteiger partial charge >= 0.3 is 6.03 Å². The molecule has 0 bridgehead atoms. The van der Waals surface area contributed by atoms with Crippen LogP contribution in [0.5, 0.6) is 0 Å². The number of carbonyl (C=O) groups excluding carboxylic acids is 2. The quantitative estimate of drug-likeness (QED) is 0.620. The van der Waals surface area contributed by atoms with Gasteiger partial charge in [0.25, 0.3) is 5.91 Å². The number of carbonyl (C=O) groups is 2. The SMILES string of the molecule is CO/C=C(/C)C(=O)NC(=O)Nc1ccccc1. The largest absolute Gasteiger partial charge is 0.504 e. The van der Waals surface area contributed by atoms with Crippen LogP contribution in [-0.2, 0) is 9.53 Å². The predicted molar refractivity (Wildman–Crippen MR) is 64.4 cm³/mol. The zero-order valence-corrected chi connectivity index (χ0v) is 9.69. The first kappa shape index (κ1) is 12.8. The topological polar surface area (TPSA) is 67.4 Å². The molecule has 1 rings (SSSR count). The molecule has 0 fully saturated rings. The lowest BCUT2D eigenvalue weighted by Crippen LogP contribution is -2.34. The Morgan fingerprint density at radius 3 is 2.47 bits per heavy atom. The van der Waals surface area contributed by atoms with Crippen LogP contribution in [0.15, 0.2) is 42.2 Å². The lowest BCUT2D eigenvalue weighted by molar-refractivity contribution is -0.116. The number of benzene rings is 1. The minimum absolute atomic E-state index is 0.315. The Labute approximate surface area is 99.5 Å². The molecule has 2 N–H and O–H groups in total. The molecule has 1 aromatic carbocycles. The summed E-state index contributed by atoms with van der Waals surface area (Å²) < 4.78 is 4.67. The third kappa shape index (κ3) is 4.38. The summed E-state index contributed by atoms with van der Waals surface area (Å²) in [7, 11) is 1.43. The fraction of sp³-hybridized carbons (Fsp3) is 0.167. The van der Waals surface area contributed by atoms with Crippen molar-refractivity contribution in [1.82, 2.24) is 5.32 Å². The number of imide groups is 1. The lowest BCUT2D eigenvalue weighted by atomic mass is 10.3. The van der Waals surface area contributed by atoms with Gasteiger partial charge in [0.2, 0.25) is 0 Å². The summed E-state index contributed by atoms with van der Waals surface area (Å²) in [6, 6.07) is 8.27. The number of para-hydroxylation sites is 1. The molecule has 0 spiro atoms. The highest BCUT2D eigenvalue weighted by Gasteiger charge is 2.09. The zero-order chi connectivity index (χ0) is 12.7. The highest BCUT2D eigenvalue weighted by atomic mass is 16.5. The van der Waals surface area contributed by atoms with Gasteiger partial charge in [0.1, 0.15) is 0 Å². The molecule has 0 aliphatic carbocycles. The van der Waals surface area contributed by atoms with E-state index in [2.05, 4.69) is 15.4 Å². The van der Waals surface area contributed by atoms with E-state index in [-0.39, 0.29) is 0 Å². The van der Waals surface area contributed by atoms with Crippen molar-refractivity contribution in [3.63, 3.8) is 0 Å². The van der Waals surface area contributed by atoms with E-state index >= 15 is 0 Å². The fourth-order valence-corrected chi connectivity index (χ4v) is 1.12. The van der Waals surface area contributed by atoms with Gasteiger partial charge in [-0.15, -0.1) is 0 Å². The average Bonchev–Trinajstić information content (AvgIpc) is 2.30. The summed E-state index contributed by atoms with van der Waals surface area (Å²) in [4.78, 5) is 22.8. The number of nitrogens with one attached hydrogen (secondary N) is 2. The molecule has 5 nitrogen and oxygen atoms in total. The van der Waals surface area contributed by atoms with Crippen LogP contribution < -0.4 is 10.6 Å². The Kier molecular flexibility index (Phi) is 4.75. The zero-order valence-electron chi connectivity index (χ0n) is 9.69. The minimum Gasteiger partial charge on any atom is -0.504 e. The maximum absolute atomic E-state index is 11.4. The highest BCUT2D eigenvalue weighted by Crippen LogP contribution is 2.04. The Bertz CT molecular complexity index is 427. The second-order valence-corrected chi connectivity index (χ2v) is 3.31. The summed E-state index contributed by atoms with van der Waals surface area (Å²) in [6.45, 7) is 1.55. The van der Waals surface area contributed by atoms with Crippen LogP contribution in [0.2, 0.25) is 0 Å². The number of hydrogen-bond acceptors (Lipinski definition) is 3. The molecule has 1 aromatic rings. The first-order valence-corrected chi connectivity index (χ1v) is 5.00. The monoisotopic (exact) mass is 234 g/mol. The van der Waals surface area contributed by atoms with Crippen LogP contribution in [-0.4, -0.2) is 19.0 Å². The highest BCUT2D eigenvalue weighted by molar-refractivity contribution is 6.07. The summed E-state index contributed by atoms with van der Waals surface area (Å²) >= 11 is 0. The van der Waals surface area contributed by atoms with Crippen LogP contribution in [0, 0.1) is 0 Å². The Balaban J connectivity index is 2.51. The average molecular weight is 234 g/mol. The van der Waals surface area contributed by atoms with Crippen molar-refractivity contribution in [3.8, 4) is 0 Å². The van der Waals surface area contributed by atoms with E-state index in [1.54, 1.807) is 31.2 Å². The summed E-state index contributed by atoms with van der Waals surface area (Å²) in [5.74, 6) is -0.500. The van der Waals surface area contributed by atoms with E-state index in [9.17, 15) is 9.59 Å². The molecule has 0 unspecified atom stereocenters. The number of hydrogen-bond donors (Lipinski definition) is 2. The van der Waals surface area contributed by atoms with Crippen molar-refractivity contribution in [3.05, 3.63) is 42.2 Å².